The second kappa shape index (κ2) is 8.53. The molecule has 0 saturated carbocycles. The summed E-state index contributed by atoms with van der Waals surface area (Å²) >= 11 is 0. The topological polar surface area (TPSA) is 55.8 Å². The number of piperidine rings is 1. The minimum atomic E-state index is -0.390. The van der Waals surface area contributed by atoms with Crippen LogP contribution in [0.15, 0.2) is 30.9 Å². The van der Waals surface area contributed by atoms with E-state index in [1.807, 2.05) is 0 Å². The number of aliphatic hydroxyl groups is 1. The Hall–Kier alpha value is -2.08. The first-order chi connectivity index (χ1) is 11.2. The fourth-order valence-electron chi connectivity index (χ4n) is 2.77. The Morgan fingerprint density at radius 3 is 2.78 bits per heavy atom. The Morgan fingerprint density at radius 1 is 1.39 bits per heavy atom. The zero-order valence-electron chi connectivity index (χ0n) is 13.3. The van der Waals surface area contributed by atoms with Gasteiger partial charge in [-0.3, -0.25) is 0 Å². The van der Waals surface area contributed by atoms with E-state index in [2.05, 4.69) is 16.8 Å². The van der Waals surface area contributed by atoms with Crippen LogP contribution in [0.1, 0.15) is 19.3 Å². The molecule has 0 aliphatic carbocycles. The Bertz CT molecular complexity index is 545. The van der Waals surface area contributed by atoms with E-state index in [0.29, 0.717) is 12.2 Å². The highest BCUT2D eigenvalue weighted by Crippen LogP contribution is 2.29. The highest BCUT2D eigenvalue weighted by molar-refractivity contribution is 5.93. The van der Waals surface area contributed by atoms with E-state index in [-0.39, 0.29) is 19.2 Å². The van der Waals surface area contributed by atoms with E-state index in [1.54, 1.807) is 12.1 Å². The molecule has 6 heteroatoms. The first-order valence-electron chi connectivity index (χ1n) is 7.98. The number of aliphatic hydroxyl groups excluding tert-OH is 1. The third-order valence-corrected chi connectivity index (χ3v) is 3.90. The van der Waals surface area contributed by atoms with Crippen LogP contribution in [-0.4, -0.2) is 48.8 Å². The van der Waals surface area contributed by atoms with Crippen molar-refractivity contribution < 1.29 is 14.3 Å². The van der Waals surface area contributed by atoms with Crippen molar-refractivity contribution in [3.05, 3.63) is 36.7 Å². The van der Waals surface area contributed by atoms with Crippen molar-refractivity contribution in [1.29, 1.82) is 0 Å². The van der Waals surface area contributed by atoms with E-state index < -0.39 is 5.82 Å². The summed E-state index contributed by atoms with van der Waals surface area (Å²) in [5.41, 5.74) is 1.30. The zero-order valence-corrected chi connectivity index (χ0v) is 13.3. The number of carbonyl (C=O) groups is 1. The summed E-state index contributed by atoms with van der Waals surface area (Å²) in [5, 5.41) is 11.8. The van der Waals surface area contributed by atoms with Gasteiger partial charge in [0, 0.05) is 26.2 Å². The van der Waals surface area contributed by atoms with Gasteiger partial charge in [0.2, 0.25) is 0 Å². The van der Waals surface area contributed by atoms with Crippen LogP contribution in [0.4, 0.5) is 20.6 Å². The number of urea groups is 1. The number of rotatable bonds is 6. The fraction of sp³-hybridized carbons (Fsp3) is 0.471. The van der Waals surface area contributed by atoms with Crippen LogP contribution in [-0.2, 0) is 0 Å². The quantitative estimate of drug-likeness (QED) is 0.792. The van der Waals surface area contributed by atoms with Crippen LogP contribution < -0.4 is 10.2 Å². The first kappa shape index (κ1) is 17.3. The van der Waals surface area contributed by atoms with Gasteiger partial charge in [-0.15, -0.1) is 6.58 Å². The molecule has 1 aromatic carbocycles. The molecule has 0 atom stereocenters. The maximum Gasteiger partial charge on any atom is 0.322 e. The standard InChI is InChI=1S/C17H24FN3O2/c1-2-8-21(11-12-22)17(23)19-15-13-14(18)6-7-16(15)20-9-4-3-5-10-20/h2,6-7,13,22H,1,3-5,8-12H2,(H,19,23). The molecule has 23 heavy (non-hydrogen) atoms. The molecule has 0 bridgehead atoms. The Labute approximate surface area is 136 Å². The van der Waals surface area contributed by atoms with Crippen LogP contribution in [0.25, 0.3) is 0 Å². The van der Waals surface area contributed by atoms with E-state index in [9.17, 15) is 9.18 Å². The lowest BCUT2D eigenvalue weighted by molar-refractivity contribution is 0.195. The van der Waals surface area contributed by atoms with Gasteiger partial charge in [0.05, 0.1) is 18.0 Å². The number of anilines is 2. The highest BCUT2D eigenvalue weighted by Gasteiger charge is 2.18. The van der Waals surface area contributed by atoms with Gasteiger partial charge in [0.15, 0.2) is 0 Å². The first-order valence-corrected chi connectivity index (χ1v) is 7.98. The van der Waals surface area contributed by atoms with Crippen molar-refractivity contribution in [2.75, 3.05) is 43.0 Å². The van der Waals surface area contributed by atoms with Crippen LogP contribution in [0.2, 0.25) is 0 Å². The van der Waals surface area contributed by atoms with E-state index in [4.69, 9.17) is 5.11 Å². The van der Waals surface area contributed by atoms with Gasteiger partial charge in [-0.2, -0.15) is 0 Å². The van der Waals surface area contributed by atoms with E-state index >= 15 is 0 Å². The zero-order chi connectivity index (χ0) is 16.7. The molecule has 2 amide bonds. The molecular formula is C17H24FN3O2. The fourth-order valence-corrected chi connectivity index (χ4v) is 2.77. The smallest absolute Gasteiger partial charge is 0.322 e. The van der Waals surface area contributed by atoms with E-state index in [1.165, 1.54) is 23.5 Å². The lowest BCUT2D eigenvalue weighted by Gasteiger charge is -2.31. The Balaban J connectivity index is 2.18. The normalized spacial score (nSPS) is 14.4. The third-order valence-electron chi connectivity index (χ3n) is 3.90. The summed E-state index contributed by atoms with van der Waals surface area (Å²) in [6.07, 6.45) is 4.98. The van der Waals surface area contributed by atoms with Crippen molar-refractivity contribution >= 4 is 17.4 Å². The minimum Gasteiger partial charge on any atom is -0.395 e. The molecule has 1 saturated heterocycles. The summed E-state index contributed by atoms with van der Waals surface area (Å²) in [6.45, 7) is 5.80. The number of hydrogen-bond acceptors (Lipinski definition) is 3. The van der Waals surface area contributed by atoms with Crippen LogP contribution in [0.5, 0.6) is 0 Å². The van der Waals surface area contributed by atoms with Crippen LogP contribution in [0, 0.1) is 5.82 Å². The van der Waals surface area contributed by atoms with Gasteiger partial charge in [0.1, 0.15) is 5.82 Å². The van der Waals surface area contributed by atoms with Crippen molar-refractivity contribution in [2.45, 2.75) is 19.3 Å². The van der Waals surface area contributed by atoms with Gasteiger partial charge in [-0.1, -0.05) is 6.08 Å². The molecule has 5 nitrogen and oxygen atoms in total. The largest absolute Gasteiger partial charge is 0.395 e. The van der Waals surface area contributed by atoms with Crippen molar-refractivity contribution in [3.8, 4) is 0 Å². The maximum absolute atomic E-state index is 13.6. The SMILES string of the molecule is C=CCN(CCO)C(=O)Nc1cc(F)ccc1N1CCCCC1. The molecule has 1 fully saturated rings. The minimum absolute atomic E-state index is 0.136. The number of halogens is 1. The highest BCUT2D eigenvalue weighted by atomic mass is 19.1. The van der Waals surface area contributed by atoms with Gasteiger partial charge in [-0.05, 0) is 37.5 Å². The van der Waals surface area contributed by atoms with E-state index in [0.717, 1.165) is 31.6 Å². The van der Waals surface area contributed by atoms with Gasteiger partial charge in [0.25, 0.3) is 0 Å². The van der Waals surface area contributed by atoms with Crippen molar-refractivity contribution in [3.63, 3.8) is 0 Å². The molecule has 1 aromatic rings. The lowest BCUT2D eigenvalue weighted by atomic mass is 10.1. The summed E-state index contributed by atoms with van der Waals surface area (Å²) in [6, 6.07) is 4.09. The molecule has 126 valence electrons. The molecule has 2 N–H and O–H groups in total. The Kier molecular flexibility index (Phi) is 6.40. The summed E-state index contributed by atoms with van der Waals surface area (Å²) in [7, 11) is 0. The lowest BCUT2D eigenvalue weighted by Crippen LogP contribution is -2.38. The van der Waals surface area contributed by atoms with Crippen LogP contribution in [0.3, 0.4) is 0 Å². The van der Waals surface area contributed by atoms with Crippen molar-refractivity contribution in [1.82, 2.24) is 4.90 Å². The summed E-state index contributed by atoms with van der Waals surface area (Å²) in [5.74, 6) is -0.390. The summed E-state index contributed by atoms with van der Waals surface area (Å²) in [4.78, 5) is 16.0. The number of hydrogen-bond donors (Lipinski definition) is 2. The number of benzene rings is 1. The molecule has 1 aliphatic heterocycles. The number of nitrogens with zero attached hydrogens (tertiary/aromatic N) is 2. The average molecular weight is 321 g/mol. The number of nitrogens with one attached hydrogen (secondary N) is 1. The second-order valence-electron chi connectivity index (χ2n) is 5.60. The number of amides is 2. The molecule has 2 rings (SSSR count). The predicted molar refractivity (Wildman–Crippen MR) is 90.3 cm³/mol. The second-order valence-corrected chi connectivity index (χ2v) is 5.60. The molecule has 1 aliphatic rings. The average Bonchev–Trinajstić information content (AvgIpc) is 2.55. The maximum atomic E-state index is 13.6. The molecular weight excluding hydrogens is 297 g/mol. The van der Waals surface area contributed by atoms with Crippen LogP contribution >= 0.6 is 0 Å². The van der Waals surface area contributed by atoms with Gasteiger partial charge >= 0.3 is 6.03 Å². The summed E-state index contributed by atoms with van der Waals surface area (Å²) < 4.78 is 13.6. The Morgan fingerprint density at radius 2 is 2.13 bits per heavy atom. The molecule has 0 aromatic heterocycles. The van der Waals surface area contributed by atoms with Crippen molar-refractivity contribution in [2.24, 2.45) is 0 Å². The molecule has 0 spiro atoms. The van der Waals surface area contributed by atoms with Gasteiger partial charge in [-0.25, -0.2) is 9.18 Å². The predicted octanol–water partition coefficient (Wildman–Crippen LogP) is 2.83. The molecule has 0 unspecified atom stereocenters. The number of carbonyl (C=O) groups excluding carboxylic acids is 1. The monoisotopic (exact) mass is 321 g/mol. The molecule has 0 radical (unpaired) electrons. The molecule has 1 heterocycles. The van der Waals surface area contributed by atoms with Gasteiger partial charge < -0.3 is 20.2 Å². The third kappa shape index (κ3) is 4.69.